The van der Waals surface area contributed by atoms with Crippen molar-refractivity contribution in [3.05, 3.63) is 35.5 Å². The molecule has 7 nitrogen and oxygen atoms in total. The summed E-state index contributed by atoms with van der Waals surface area (Å²) in [6.07, 6.45) is 0.979. The van der Waals surface area contributed by atoms with E-state index in [0.717, 1.165) is 17.8 Å². The van der Waals surface area contributed by atoms with Crippen molar-refractivity contribution < 1.29 is 14.3 Å². The van der Waals surface area contributed by atoms with Gasteiger partial charge in [0.05, 0.1) is 19.9 Å². The van der Waals surface area contributed by atoms with Crippen LogP contribution < -0.4 is 14.8 Å². The van der Waals surface area contributed by atoms with Gasteiger partial charge in [0.15, 0.2) is 17.3 Å². The molecule has 2 aromatic rings. The summed E-state index contributed by atoms with van der Waals surface area (Å²) < 4.78 is 10.5. The van der Waals surface area contributed by atoms with Crippen LogP contribution in [0.3, 0.4) is 0 Å². The molecule has 7 heteroatoms. The minimum absolute atomic E-state index is 0.0762. The zero-order valence-corrected chi connectivity index (χ0v) is 14.5. The number of methoxy groups -OCH3 is 2. The van der Waals surface area contributed by atoms with E-state index >= 15 is 0 Å². The largest absolute Gasteiger partial charge is 0.493 e. The van der Waals surface area contributed by atoms with Crippen LogP contribution in [0.5, 0.6) is 11.5 Å². The molecule has 0 atom stereocenters. The van der Waals surface area contributed by atoms with Crippen LogP contribution in [0.2, 0.25) is 0 Å². The third-order valence-corrected chi connectivity index (χ3v) is 3.47. The highest BCUT2D eigenvalue weighted by Crippen LogP contribution is 2.28. The maximum atomic E-state index is 12.1. The second-order valence-corrected chi connectivity index (χ2v) is 5.75. The number of nitrogens with one attached hydrogen (secondary N) is 2. The van der Waals surface area contributed by atoms with Gasteiger partial charge < -0.3 is 19.7 Å². The van der Waals surface area contributed by atoms with E-state index in [-0.39, 0.29) is 5.91 Å². The summed E-state index contributed by atoms with van der Waals surface area (Å²) in [4.78, 5) is 14.1. The summed E-state index contributed by atoms with van der Waals surface area (Å²) in [7, 11) is 7.14. The molecule has 0 unspecified atom stereocenters. The number of aromatic nitrogens is 2. The Hall–Kier alpha value is -2.54. The molecule has 2 N–H and O–H groups in total. The van der Waals surface area contributed by atoms with Crippen molar-refractivity contribution in [3.8, 4) is 11.5 Å². The molecular weight excluding hydrogens is 308 g/mol. The van der Waals surface area contributed by atoms with E-state index in [2.05, 4.69) is 15.5 Å². The highest BCUT2D eigenvalue weighted by atomic mass is 16.5. The Kier molecular flexibility index (Phi) is 6.20. The summed E-state index contributed by atoms with van der Waals surface area (Å²) in [6, 6.07) is 7.50. The number of aromatic amines is 1. The van der Waals surface area contributed by atoms with Crippen LogP contribution in [0.1, 0.15) is 17.7 Å². The predicted molar refractivity (Wildman–Crippen MR) is 92.5 cm³/mol. The fraction of sp³-hybridized carbons (Fsp3) is 0.412. The van der Waals surface area contributed by atoms with Gasteiger partial charge in [-0.1, -0.05) is 6.07 Å². The molecule has 1 aromatic heterocycles. The van der Waals surface area contributed by atoms with E-state index in [1.165, 1.54) is 0 Å². The van der Waals surface area contributed by atoms with E-state index in [0.29, 0.717) is 30.2 Å². The van der Waals surface area contributed by atoms with Gasteiger partial charge in [-0.25, -0.2) is 0 Å². The van der Waals surface area contributed by atoms with Crippen LogP contribution in [0.25, 0.3) is 0 Å². The molecule has 2 rings (SSSR count). The summed E-state index contributed by atoms with van der Waals surface area (Å²) in [5.41, 5.74) is 1.97. The summed E-state index contributed by atoms with van der Waals surface area (Å²) in [5, 5.41) is 9.80. The standard InChI is InChI=1S/C17H24N4O3/c1-21(2)11-13-10-16(20-19-13)18-17(22)8-6-12-5-7-14(23-3)15(9-12)24-4/h5,7,9-10H,6,8,11H2,1-4H3,(H2,18,19,20,22). The van der Waals surface area contributed by atoms with Gasteiger partial charge in [0.25, 0.3) is 0 Å². The van der Waals surface area contributed by atoms with Gasteiger partial charge in [-0.3, -0.25) is 9.89 Å². The first-order valence-corrected chi connectivity index (χ1v) is 7.71. The van der Waals surface area contributed by atoms with Crippen molar-refractivity contribution >= 4 is 11.7 Å². The Morgan fingerprint density at radius 2 is 1.96 bits per heavy atom. The molecule has 0 radical (unpaired) electrons. The Balaban J connectivity index is 1.88. The normalized spacial score (nSPS) is 10.7. The number of carbonyl (C=O) groups excluding carboxylic acids is 1. The van der Waals surface area contributed by atoms with Crippen molar-refractivity contribution in [3.63, 3.8) is 0 Å². The number of nitrogens with zero attached hydrogens (tertiary/aromatic N) is 2. The van der Waals surface area contributed by atoms with Gasteiger partial charge in [-0.05, 0) is 38.2 Å². The zero-order chi connectivity index (χ0) is 17.5. The van der Waals surface area contributed by atoms with E-state index in [9.17, 15) is 4.79 Å². The van der Waals surface area contributed by atoms with Crippen molar-refractivity contribution in [1.82, 2.24) is 15.1 Å². The average Bonchev–Trinajstić information content (AvgIpc) is 2.98. The number of amides is 1. The number of rotatable bonds is 8. The molecule has 0 spiro atoms. The predicted octanol–water partition coefficient (Wildman–Crippen LogP) is 2.06. The molecule has 1 heterocycles. The number of ether oxygens (including phenoxy) is 2. The lowest BCUT2D eigenvalue weighted by atomic mass is 10.1. The Bertz CT molecular complexity index is 682. The van der Waals surface area contributed by atoms with Crippen LogP contribution in [0, 0.1) is 0 Å². The van der Waals surface area contributed by atoms with E-state index in [1.807, 2.05) is 43.3 Å². The van der Waals surface area contributed by atoms with Crippen molar-refractivity contribution in [1.29, 1.82) is 0 Å². The Morgan fingerprint density at radius 1 is 1.21 bits per heavy atom. The van der Waals surface area contributed by atoms with E-state index in [1.54, 1.807) is 14.2 Å². The first-order chi connectivity index (χ1) is 11.5. The van der Waals surface area contributed by atoms with Crippen molar-refractivity contribution in [2.45, 2.75) is 19.4 Å². The second kappa shape index (κ2) is 8.35. The molecule has 1 amide bonds. The molecule has 0 saturated carbocycles. The maximum Gasteiger partial charge on any atom is 0.225 e. The lowest BCUT2D eigenvalue weighted by Gasteiger charge is -2.09. The molecule has 0 fully saturated rings. The van der Waals surface area contributed by atoms with Gasteiger partial charge in [0.2, 0.25) is 5.91 Å². The van der Waals surface area contributed by atoms with Crippen LogP contribution in [0.15, 0.2) is 24.3 Å². The molecular formula is C17H24N4O3. The quantitative estimate of drug-likeness (QED) is 0.773. The first kappa shape index (κ1) is 17.8. The number of hydrogen-bond donors (Lipinski definition) is 2. The minimum atomic E-state index is -0.0762. The van der Waals surface area contributed by atoms with Gasteiger partial charge in [-0.15, -0.1) is 0 Å². The molecule has 0 bridgehead atoms. The molecule has 0 aliphatic rings. The lowest BCUT2D eigenvalue weighted by molar-refractivity contribution is -0.116. The summed E-state index contributed by atoms with van der Waals surface area (Å²) in [5.74, 6) is 1.81. The third-order valence-electron chi connectivity index (χ3n) is 3.47. The van der Waals surface area contributed by atoms with Crippen LogP contribution in [0.4, 0.5) is 5.82 Å². The SMILES string of the molecule is COc1ccc(CCC(=O)Nc2cc(CN(C)C)[nH]n2)cc1OC. The fourth-order valence-corrected chi connectivity index (χ4v) is 2.35. The fourth-order valence-electron chi connectivity index (χ4n) is 2.35. The van der Waals surface area contributed by atoms with Gasteiger partial charge in [0, 0.05) is 19.0 Å². The Labute approximate surface area is 142 Å². The number of anilines is 1. The summed E-state index contributed by atoms with van der Waals surface area (Å²) >= 11 is 0. The minimum Gasteiger partial charge on any atom is -0.493 e. The molecule has 0 saturated heterocycles. The highest BCUT2D eigenvalue weighted by Gasteiger charge is 2.09. The maximum absolute atomic E-state index is 12.1. The van der Waals surface area contributed by atoms with Crippen LogP contribution in [-0.2, 0) is 17.8 Å². The number of benzene rings is 1. The Morgan fingerprint density at radius 3 is 2.62 bits per heavy atom. The first-order valence-electron chi connectivity index (χ1n) is 7.71. The number of aryl methyl sites for hydroxylation is 1. The monoisotopic (exact) mass is 332 g/mol. The van der Waals surface area contributed by atoms with Crippen molar-refractivity contribution in [2.75, 3.05) is 33.6 Å². The molecule has 1 aromatic carbocycles. The zero-order valence-electron chi connectivity index (χ0n) is 14.5. The van der Waals surface area contributed by atoms with Gasteiger partial charge in [0.1, 0.15) is 0 Å². The topological polar surface area (TPSA) is 79.5 Å². The van der Waals surface area contributed by atoms with Gasteiger partial charge in [-0.2, -0.15) is 5.10 Å². The average molecular weight is 332 g/mol. The molecule has 130 valence electrons. The van der Waals surface area contributed by atoms with E-state index in [4.69, 9.17) is 9.47 Å². The second-order valence-electron chi connectivity index (χ2n) is 5.75. The number of carbonyl (C=O) groups is 1. The number of hydrogen-bond acceptors (Lipinski definition) is 5. The summed E-state index contributed by atoms with van der Waals surface area (Å²) in [6.45, 7) is 0.745. The smallest absolute Gasteiger partial charge is 0.225 e. The third kappa shape index (κ3) is 4.99. The van der Waals surface area contributed by atoms with Crippen LogP contribution in [-0.4, -0.2) is 49.3 Å². The molecule has 24 heavy (non-hydrogen) atoms. The lowest BCUT2D eigenvalue weighted by Crippen LogP contribution is -2.12. The van der Waals surface area contributed by atoms with Crippen LogP contribution >= 0.6 is 0 Å². The molecule has 0 aliphatic carbocycles. The molecule has 0 aliphatic heterocycles. The van der Waals surface area contributed by atoms with Gasteiger partial charge >= 0.3 is 0 Å². The number of H-pyrrole nitrogens is 1. The van der Waals surface area contributed by atoms with E-state index < -0.39 is 0 Å². The highest BCUT2D eigenvalue weighted by molar-refractivity contribution is 5.89. The van der Waals surface area contributed by atoms with Crippen molar-refractivity contribution in [2.24, 2.45) is 0 Å².